The van der Waals surface area contributed by atoms with Gasteiger partial charge in [-0.3, -0.25) is 0 Å². The van der Waals surface area contributed by atoms with Gasteiger partial charge in [-0.15, -0.1) is 0 Å². The zero-order valence-electron chi connectivity index (χ0n) is 9.84. The summed E-state index contributed by atoms with van der Waals surface area (Å²) in [7, 11) is 0. The summed E-state index contributed by atoms with van der Waals surface area (Å²) in [6, 6.07) is 0.741. The largest absolute Gasteiger partial charge is 0.330 e. The lowest BCUT2D eigenvalue weighted by molar-refractivity contribution is 0.188. The maximum atomic E-state index is 5.65. The van der Waals surface area contributed by atoms with E-state index in [1.807, 2.05) is 0 Å². The molecule has 14 heavy (non-hydrogen) atoms. The smallest absolute Gasteiger partial charge is 0.0105 e. The van der Waals surface area contributed by atoms with Crippen molar-refractivity contribution in [1.82, 2.24) is 4.90 Å². The summed E-state index contributed by atoms with van der Waals surface area (Å²) in [4.78, 5) is 2.66. The molecule has 1 fully saturated rings. The van der Waals surface area contributed by atoms with Crippen molar-refractivity contribution in [2.75, 3.05) is 19.6 Å². The van der Waals surface area contributed by atoms with Crippen LogP contribution in [0.15, 0.2) is 0 Å². The van der Waals surface area contributed by atoms with Crippen LogP contribution >= 0.6 is 0 Å². The highest BCUT2D eigenvalue weighted by atomic mass is 15.2. The second-order valence-corrected chi connectivity index (χ2v) is 4.71. The first-order valence-corrected chi connectivity index (χ1v) is 6.22. The van der Waals surface area contributed by atoms with Crippen LogP contribution in [0.3, 0.4) is 0 Å². The molecule has 1 rings (SSSR count). The summed E-state index contributed by atoms with van der Waals surface area (Å²) in [5.41, 5.74) is 5.65. The fourth-order valence-electron chi connectivity index (χ4n) is 2.49. The van der Waals surface area contributed by atoms with Gasteiger partial charge in [0.05, 0.1) is 0 Å². The molecule has 0 bridgehead atoms. The highest BCUT2D eigenvalue weighted by molar-refractivity contribution is 4.75. The minimum atomic E-state index is 0.741. The van der Waals surface area contributed by atoms with Crippen molar-refractivity contribution in [3.63, 3.8) is 0 Å². The first kappa shape index (κ1) is 12.0. The van der Waals surface area contributed by atoms with E-state index in [0.29, 0.717) is 0 Å². The molecule has 0 spiro atoms. The van der Waals surface area contributed by atoms with Gasteiger partial charge >= 0.3 is 0 Å². The molecule has 0 amide bonds. The predicted octanol–water partition coefficient (Wildman–Crippen LogP) is 2.24. The zero-order valence-corrected chi connectivity index (χ0v) is 9.84. The normalized spacial score (nSPS) is 27.2. The quantitative estimate of drug-likeness (QED) is 0.750. The molecule has 1 heterocycles. The molecule has 0 aromatic heterocycles. The van der Waals surface area contributed by atoms with E-state index in [1.54, 1.807) is 0 Å². The number of likely N-dealkylation sites (tertiary alicyclic amines) is 1. The van der Waals surface area contributed by atoms with Crippen molar-refractivity contribution < 1.29 is 0 Å². The number of hydrogen-bond acceptors (Lipinski definition) is 2. The molecule has 1 aliphatic rings. The number of nitrogens with zero attached hydrogens (tertiary/aromatic N) is 1. The fourth-order valence-corrected chi connectivity index (χ4v) is 2.49. The lowest BCUT2D eigenvalue weighted by Gasteiger charge is -2.29. The Morgan fingerprint density at radius 1 is 1.36 bits per heavy atom. The molecule has 2 N–H and O–H groups in total. The second-order valence-electron chi connectivity index (χ2n) is 4.71. The van der Waals surface area contributed by atoms with Gasteiger partial charge in [-0.1, -0.05) is 13.8 Å². The predicted molar refractivity (Wildman–Crippen MR) is 62.3 cm³/mol. The van der Waals surface area contributed by atoms with Crippen LogP contribution in [-0.2, 0) is 0 Å². The molecule has 0 aromatic rings. The molecular weight excluding hydrogens is 172 g/mol. The molecule has 0 aromatic carbocycles. The van der Waals surface area contributed by atoms with Gasteiger partial charge in [-0.05, 0) is 57.7 Å². The van der Waals surface area contributed by atoms with E-state index in [0.717, 1.165) is 18.5 Å². The molecule has 0 radical (unpaired) electrons. The van der Waals surface area contributed by atoms with Crippen molar-refractivity contribution in [3.05, 3.63) is 0 Å². The van der Waals surface area contributed by atoms with Gasteiger partial charge in [0.25, 0.3) is 0 Å². The summed E-state index contributed by atoms with van der Waals surface area (Å²) < 4.78 is 0. The van der Waals surface area contributed by atoms with Gasteiger partial charge in [0.1, 0.15) is 0 Å². The van der Waals surface area contributed by atoms with Crippen molar-refractivity contribution in [2.24, 2.45) is 11.7 Å². The molecule has 2 nitrogen and oxygen atoms in total. The van der Waals surface area contributed by atoms with Crippen LogP contribution < -0.4 is 5.73 Å². The van der Waals surface area contributed by atoms with Crippen molar-refractivity contribution in [2.45, 2.75) is 52.0 Å². The van der Waals surface area contributed by atoms with Crippen LogP contribution in [-0.4, -0.2) is 30.6 Å². The second kappa shape index (κ2) is 6.41. The Morgan fingerprint density at radius 3 is 2.79 bits per heavy atom. The van der Waals surface area contributed by atoms with Gasteiger partial charge < -0.3 is 10.6 Å². The summed E-state index contributed by atoms with van der Waals surface area (Å²) in [6.07, 6.45) is 6.59. The van der Waals surface area contributed by atoms with Crippen molar-refractivity contribution >= 4 is 0 Å². The van der Waals surface area contributed by atoms with Gasteiger partial charge in [0.15, 0.2) is 0 Å². The molecule has 1 saturated heterocycles. The van der Waals surface area contributed by atoms with Crippen LogP contribution in [0, 0.1) is 5.92 Å². The third kappa shape index (κ3) is 3.58. The number of nitrogens with two attached hydrogens (primary N) is 1. The Balaban J connectivity index is 2.40. The van der Waals surface area contributed by atoms with E-state index in [2.05, 4.69) is 18.7 Å². The Kier molecular flexibility index (Phi) is 5.49. The maximum absolute atomic E-state index is 5.65. The molecule has 2 atom stereocenters. The summed E-state index contributed by atoms with van der Waals surface area (Å²) in [6.45, 7) is 8.09. The lowest BCUT2D eigenvalue weighted by atomic mass is 10.0. The molecular formula is C12H26N2. The molecule has 2 unspecified atom stereocenters. The monoisotopic (exact) mass is 198 g/mol. The van der Waals surface area contributed by atoms with Crippen LogP contribution in [0.1, 0.15) is 46.0 Å². The van der Waals surface area contributed by atoms with E-state index >= 15 is 0 Å². The van der Waals surface area contributed by atoms with Gasteiger partial charge in [0.2, 0.25) is 0 Å². The average Bonchev–Trinajstić information content (AvgIpc) is 2.40. The third-order valence-electron chi connectivity index (χ3n) is 3.54. The van der Waals surface area contributed by atoms with Gasteiger partial charge in [0, 0.05) is 6.04 Å². The summed E-state index contributed by atoms with van der Waals surface area (Å²) >= 11 is 0. The number of hydrogen-bond donors (Lipinski definition) is 1. The highest BCUT2D eigenvalue weighted by Gasteiger charge is 2.19. The molecule has 2 heteroatoms. The van der Waals surface area contributed by atoms with Gasteiger partial charge in [-0.25, -0.2) is 0 Å². The summed E-state index contributed by atoms with van der Waals surface area (Å²) in [5.74, 6) is 0.926. The Bertz CT molecular complexity index is 147. The van der Waals surface area contributed by atoms with E-state index in [9.17, 15) is 0 Å². The molecule has 84 valence electrons. The van der Waals surface area contributed by atoms with Gasteiger partial charge in [-0.2, -0.15) is 0 Å². The van der Waals surface area contributed by atoms with E-state index in [-0.39, 0.29) is 0 Å². The number of rotatable bonds is 4. The Morgan fingerprint density at radius 2 is 2.14 bits per heavy atom. The standard InChI is InChI=1S/C12H26N2/c1-3-12(6-8-13)14-9-4-5-11(2)7-10-14/h11-12H,3-10,13H2,1-2H3. The van der Waals surface area contributed by atoms with E-state index in [4.69, 9.17) is 5.73 Å². The maximum Gasteiger partial charge on any atom is 0.0105 e. The zero-order chi connectivity index (χ0) is 10.4. The SMILES string of the molecule is CCC(CCN)N1CCCC(C)CC1. The minimum absolute atomic E-state index is 0.741. The van der Waals surface area contributed by atoms with E-state index < -0.39 is 0 Å². The fraction of sp³-hybridized carbons (Fsp3) is 1.00. The Hall–Kier alpha value is -0.0800. The van der Waals surface area contributed by atoms with Crippen LogP contribution in [0.5, 0.6) is 0 Å². The summed E-state index contributed by atoms with van der Waals surface area (Å²) in [5, 5.41) is 0. The van der Waals surface area contributed by atoms with Crippen LogP contribution in [0.25, 0.3) is 0 Å². The minimum Gasteiger partial charge on any atom is -0.330 e. The topological polar surface area (TPSA) is 29.3 Å². The first-order chi connectivity index (χ1) is 6.77. The molecule has 0 aliphatic carbocycles. The van der Waals surface area contributed by atoms with Crippen molar-refractivity contribution in [3.8, 4) is 0 Å². The van der Waals surface area contributed by atoms with Crippen LogP contribution in [0.2, 0.25) is 0 Å². The third-order valence-corrected chi connectivity index (χ3v) is 3.54. The lowest BCUT2D eigenvalue weighted by Crippen LogP contribution is -2.37. The molecule has 0 saturated carbocycles. The van der Waals surface area contributed by atoms with Crippen LogP contribution in [0.4, 0.5) is 0 Å². The highest BCUT2D eigenvalue weighted by Crippen LogP contribution is 2.20. The average molecular weight is 198 g/mol. The first-order valence-electron chi connectivity index (χ1n) is 6.22. The van der Waals surface area contributed by atoms with E-state index in [1.165, 1.54) is 45.2 Å². The molecule has 1 aliphatic heterocycles. The van der Waals surface area contributed by atoms with Crippen molar-refractivity contribution in [1.29, 1.82) is 0 Å². The Labute approximate surface area is 88.8 Å².